The Balaban J connectivity index is 2.24. The fourth-order valence-electron chi connectivity index (χ4n) is 1.06. The molecule has 2 rings (SSSR count). The summed E-state index contributed by atoms with van der Waals surface area (Å²) < 4.78 is 4.07. The van der Waals surface area contributed by atoms with Gasteiger partial charge in [-0.3, -0.25) is 0 Å². The van der Waals surface area contributed by atoms with Crippen LogP contribution in [0.15, 0.2) is 29.8 Å². The minimum absolute atomic E-state index is 0.666. The molecule has 0 saturated heterocycles. The Hall–Kier alpha value is -1.42. The van der Waals surface area contributed by atoms with Crippen molar-refractivity contribution in [3.05, 3.63) is 35.3 Å². The molecule has 1 heterocycles. The van der Waals surface area contributed by atoms with Crippen LogP contribution >= 0.6 is 11.5 Å². The quantitative estimate of drug-likeness (QED) is 0.792. The van der Waals surface area contributed by atoms with Crippen molar-refractivity contribution in [1.82, 2.24) is 9.36 Å². The van der Waals surface area contributed by atoms with E-state index in [0.29, 0.717) is 5.95 Å². The van der Waals surface area contributed by atoms with Crippen LogP contribution in [-0.4, -0.2) is 9.36 Å². The summed E-state index contributed by atoms with van der Waals surface area (Å²) >= 11 is 1.34. The molecule has 0 saturated carbocycles. The number of hydrogen-bond acceptors (Lipinski definition) is 4. The summed E-state index contributed by atoms with van der Waals surface area (Å²) in [7, 11) is 0. The minimum Gasteiger partial charge on any atom is -0.323 e. The number of anilines is 2. The number of nitrogens with one attached hydrogen (secondary N) is 1. The molecule has 0 fully saturated rings. The molecular weight excluding hydrogens is 182 g/mol. The number of para-hydroxylation sites is 1. The standard InChI is InChI=1S/C9H9N3S/c1-7-4-2-3-5-8(7)11-9-10-6-13-12-9/h2-6H,1H3,(H,11,12). The molecule has 1 N–H and O–H groups in total. The molecule has 3 nitrogen and oxygen atoms in total. The molecule has 0 bridgehead atoms. The zero-order valence-electron chi connectivity index (χ0n) is 7.19. The number of hydrogen-bond donors (Lipinski definition) is 1. The highest BCUT2D eigenvalue weighted by Crippen LogP contribution is 2.17. The van der Waals surface area contributed by atoms with E-state index < -0.39 is 0 Å². The van der Waals surface area contributed by atoms with Crippen LogP contribution in [0.3, 0.4) is 0 Å². The maximum Gasteiger partial charge on any atom is 0.238 e. The molecule has 0 unspecified atom stereocenters. The topological polar surface area (TPSA) is 37.8 Å². The van der Waals surface area contributed by atoms with E-state index in [9.17, 15) is 0 Å². The van der Waals surface area contributed by atoms with Crippen LogP contribution in [0, 0.1) is 6.92 Å². The second-order valence-corrected chi connectivity index (χ2v) is 3.30. The Morgan fingerprint density at radius 1 is 1.31 bits per heavy atom. The number of nitrogens with zero attached hydrogens (tertiary/aromatic N) is 2. The van der Waals surface area contributed by atoms with Crippen LogP contribution in [0.5, 0.6) is 0 Å². The van der Waals surface area contributed by atoms with Gasteiger partial charge in [-0.05, 0) is 30.1 Å². The van der Waals surface area contributed by atoms with Gasteiger partial charge in [0, 0.05) is 5.69 Å². The van der Waals surface area contributed by atoms with Crippen LogP contribution in [0.25, 0.3) is 0 Å². The smallest absolute Gasteiger partial charge is 0.238 e. The summed E-state index contributed by atoms with van der Waals surface area (Å²) in [4.78, 5) is 4.05. The highest BCUT2D eigenvalue weighted by atomic mass is 32.1. The molecule has 13 heavy (non-hydrogen) atoms. The Kier molecular flexibility index (Phi) is 2.23. The fraction of sp³-hybridized carbons (Fsp3) is 0.111. The van der Waals surface area contributed by atoms with E-state index >= 15 is 0 Å². The maximum absolute atomic E-state index is 4.07. The van der Waals surface area contributed by atoms with E-state index in [4.69, 9.17) is 0 Å². The molecule has 0 aliphatic carbocycles. The van der Waals surface area contributed by atoms with Crippen LogP contribution in [0.1, 0.15) is 5.56 Å². The molecule has 0 spiro atoms. The van der Waals surface area contributed by atoms with Crippen LogP contribution in [0.4, 0.5) is 11.6 Å². The van der Waals surface area contributed by atoms with Gasteiger partial charge in [0.2, 0.25) is 5.95 Å². The second kappa shape index (κ2) is 3.53. The summed E-state index contributed by atoms with van der Waals surface area (Å²) in [5.41, 5.74) is 3.96. The average molecular weight is 191 g/mol. The van der Waals surface area contributed by atoms with Gasteiger partial charge in [-0.1, -0.05) is 18.2 Å². The Morgan fingerprint density at radius 2 is 2.15 bits per heavy atom. The summed E-state index contributed by atoms with van der Waals surface area (Å²) in [6.45, 7) is 2.05. The molecule has 66 valence electrons. The van der Waals surface area contributed by atoms with Crippen LogP contribution in [-0.2, 0) is 0 Å². The van der Waals surface area contributed by atoms with Gasteiger partial charge in [0.1, 0.15) is 5.51 Å². The van der Waals surface area contributed by atoms with Gasteiger partial charge in [0.25, 0.3) is 0 Å². The van der Waals surface area contributed by atoms with Gasteiger partial charge in [0.15, 0.2) is 0 Å². The third-order valence-corrected chi connectivity index (χ3v) is 2.23. The van der Waals surface area contributed by atoms with Crippen molar-refractivity contribution in [2.75, 3.05) is 5.32 Å². The first-order chi connectivity index (χ1) is 6.36. The monoisotopic (exact) mass is 191 g/mol. The Bertz CT molecular complexity index is 384. The van der Waals surface area contributed by atoms with E-state index in [-0.39, 0.29) is 0 Å². The van der Waals surface area contributed by atoms with Gasteiger partial charge in [-0.2, -0.15) is 4.37 Å². The third-order valence-electron chi connectivity index (χ3n) is 1.75. The van der Waals surface area contributed by atoms with Gasteiger partial charge in [-0.25, -0.2) is 4.98 Å². The van der Waals surface area contributed by atoms with Gasteiger partial charge >= 0.3 is 0 Å². The van der Waals surface area contributed by atoms with Crippen LogP contribution in [0.2, 0.25) is 0 Å². The normalized spacial score (nSPS) is 9.92. The number of aryl methyl sites for hydroxylation is 1. The van der Waals surface area contributed by atoms with Crippen molar-refractivity contribution in [2.24, 2.45) is 0 Å². The summed E-state index contributed by atoms with van der Waals surface area (Å²) in [5.74, 6) is 0.666. The van der Waals surface area contributed by atoms with Crippen molar-refractivity contribution in [3.8, 4) is 0 Å². The molecule has 2 aromatic rings. The molecule has 0 aliphatic rings. The molecular formula is C9H9N3S. The minimum atomic E-state index is 0.666. The zero-order chi connectivity index (χ0) is 9.10. The highest BCUT2D eigenvalue weighted by Gasteiger charge is 1.99. The molecule has 0 amide bonds. The fourth-order valence-corrected chi connectivity index (χ4v) is 1.45. The Labute approximate surface area is 80.6 Å². The summed E-state index contributed by atoms with van der Waals surface area (Å²) in [6.07, 6.45) is 0. The number of benzene rings is 1. The molecule has 0 atom stereocenters. The van der Waals surface area contributed by atoms with Gasteiger partial charge in [0.05, 0.1) is 0 Å². The molecule has 1 aromatic carbocycles. The van der Waals surface area contributed by atoms with E-state index in [1.807, 2.05) is 18.2 Å². The number of rotatable bonds is 2. The van der Waals surface area contributed by atoms with Gasteiger partial charge in [-0.15, -0.1) is 0 Å². The predicted molar refractivity (Wildman–Crippen MR) is 54.4 cm³/mol. The van der Waals surface area contributed by atoms with Gasteiger partial charge < -0.3 is 5.32 Å². The van der Waals surface area contributed by atoms with Crippen molar-refractivity contribution in [3.63, 3.8) is 0 Å². The molecule has 0 aliphatic heterocycles. The third kappa shape index (κ3) is 1.84. The first kappa shape index (κ1) is 8.19. The lowest BCUT2D eigenvalue weighted by Gasteiger charge is -2.04. The lowest BCUT2D eigenvalue weighted by Crippen LogP contribution is -1.93. The van der Waals surface area contributed by atoms with E-state index in [1.165, 1.54) is 17.1 Å². The Morgan fingerprint density at radius 3 is 2.85 bits per heavy atom. The lowest BCUT2D eigenvalue weighted by atomic mass is 10.2. The van der Waals surface area contributed by atoms with E-state index in [2.05, 4.69) is 27.7 Å². The summed E-state index contributed by atoms with van der Waals surface area (Å²) in [6, 6.07) is 8.06. The van der Waals surface area contributed by atoms with Crippen molar-refractivity contribution < 1.29 is 0 Å². The zero-order valence-corrected chi connectivity index (χ0v) is 8.01. The highest BCUT2D eigenvalue weighted by molar-refractivity contribution is 7.03. The maximum atomic E-state index is 4.07. The van der Waals surface area contributed by atoms with Crippen molar-refractivity contribution in [1.29, 1.82) is 0 Å². The first-order valence-electron chi connectivity index (χ1n) is 3.95. The molecule has 4 heteroatoms. The second-order valence-electron chi connectivity index (χ2n) is 2.69. The predicted octanol–water partition coefficient (Wildman–Crippen LogP) is 2.59. The largest absolute Gasteiger partial charge is 0.323 e. The van der Waals surface area contributed by atoms with E-state index in [0.717, 1.165) is 5.69 Å². The lowest BCUT2D eigenvalue weighted by molar-refractivity contribution is 1.29. The molecule has 0 radical (unpaired) electrons. The SMILES string of the molecule is Cc1ccccc1Nc1ncsn1. The number of aromatic nitrogens is 2. The molecule has 1 aromatic heterocycles. The summed E-state index contributed by atoms with van der Waals surface area (Å²) in [5, 5.41) is 3.14. The van der Waals surface area contributed by atoms with Crippen molar-refractivity contribution >= 4 is 23.2 Å². The van der Waals surface area contributed by atoms with E-state index in [1.54, 1.807) is 5.51 Å². The average Bonchev–Trinajstić information content (AvgIpc) is 2.61. The van der Waals surface area contributed by atoms with Crippen molar-refractivity contribution in [2.45, 2.75) is 6.92 Å². The van der Waals surface area contributed by atoms with Crippen LogP contribution < -0.4 is 5.32 Å². The first-order valence-corrected chi connectivity index (χ1v) is 4.79.